The van der Waals surface area contributed by atoms with E-state index in [2.05, 4.69) is 11.6 Å². The van der Waals surface area contributed by atoms with Crippen LogP contribution in [-0.2, 0) is 26.4 Å². The Morgan fingerprint density at radius 1 is 1.17 bits per heavy atom. The third-order valence-electron chi connectivity index (χ3n) is 3.84. The van der Waals surface area contributed by atoms with E-state index in [0.717, 1.165) is 10.3 Å². The molecule has 0 bridgehead atoms. The Kier molecular flexibility index (Phi) is 4.44. The maximum Gasteiger partial charge on any atom is 0.332 e. The Hall–Kier alpha value is -2.54. The van der Waals surface area contributed by atoms with E-state index in [0.29, 0.717) is 22.9 Å². The third kappa shape index (κ3) is 2.71. The van der Waals surface area contributed by atoms with Crippen LogP contribution in [0.25, 0.3) is 11.2 Å². The molecule has 0 aliphatic carbocycles. The number of allylic oxidation sites excluding steroid dienone is 1. The summed E-state index contributed by atoms with van der Waals surface area (Å²) in [5.74, 6) is 0.732. The SMILES string of the molecule is C=CCn1c(SCc2ccccc2)nc2c1c(=O)n(C)c(=O)n2C. The van der Waals surface area contributed by atoms with Crippen molar-refractivity contribution in [2.24, 2.45) is 14.1 Å². The molecule has 0 spiro atoms. The van der Waals surface area contributed by atoms with E-state index < -0.39 is 0 Å². The van der Waals surface area contributed by atoms with E-state index in [4.69, 9.17) is 0 Å². The van der Waals surface area contributed by atoms with Gasteiger partial charge in [-0.1, -0.05) is 48.2 Å². The third-order valence-corrected chi connectivity index (χ3v) is 4.88. The van der Waals surface area contributed by atoms with E-state index >= 15 is 0 Å². The predicted octanol–water partition coefficient (Wildman–Crippen LogP) is 1.91. The minimum Gasteiger partial charge on any atom is -0.309 e. The number of imidazole rings is 1. The monoisotopic (exact) mass is 342 g/mol. The second-order valence-corrected chi connectivity index (χ2v) is 6.39. The summed E-state index contributed by atoms with van der Waals surface area (Å²) < 4.78 is 4.33. The minimum absolute atomic E-state index is 0.339. The molecule has 0 aliphatic rings. The average Bonchev–Trinajstić information content (AvgIpc) is 2.96. The standard InChI is InChI=1S/C17H18N4O2S/c1-4-10-21-13-14(19(2)17(23)20(3)15(13)22)18-16(21)24-11-12-8-6-5-7-9-12/h4-9H,1,10-11H2,2-3H3. The lowest BCUT2D eigenvalue weighted by atomic mass is 10.2. The summed E-state index contributed by atoms with van der Waals surface area (Å²) in [6.45, 7) is 4.22. The molecule has 0 unspecified atom stereocenters. The van der Waals surface area contributed by atoms with Gasteiger partial charge in [0.15, 0.2) is 16.3 Å². The van der Waals surface area contributed by atoms with Crippen molar-refractivity contribution >= 4 is 22.9 Å². The zero-order chi connectivity index (χ0) is 17.3. The predicted molar refractivity (Wildman–Crippen MR) is 96.4 cm³/mol. The van der Waals surface area contributed by atoms with Gasteiger partial charge in [-0.05, 0) is 5.56 Å². The van der Waals surface area contributed by atoms with Crippen molar-refractivity contribution in [1.82, 2.24) is 18.7 Å². The van der Waals surface area contributed by atoms with Crippen LogP contribution < -0.4 is 11.2 Å². The van der Waals surface area contributed by atoms with E-state index in [1.165, 1.54) is 28.9 Å². The lowest BCUT2D eigenvalue weighted by Crippen LogP contribution is -2.37. The minimum atomic E-state index is -0.379. The van der Waals surface area contributed by atoms with Crippen LogP contribution in [0.3, 0.4) is 0 Å². The number of fused-ring (bicyclic) bond motifs is 1. The van der Waals surface area contributed by atoms with Crippen molar-refractivity contribution in [3.05, 3.63) is 69.4 Å². The molecule has 3 rings (SSSR count). The number of benzene rings is 1. The summed E-state index contributed by atoms with van der Waals surface area (Å²) in [7, 11) is 3.10. The van der Waals surface area contributed by atoms with Crippen LogP contribution >= 0.6 is 11.8 Å². The van der Waals surface area contributed by atoms with Gasteiger partial charge in [0.1, 0.15) is 0 Å². The Morgan fingerprint density at radius 2 is 1.88 bits per heavy atom. The molecule has 2 heterocycles. The zero-order valence-electron chi connectivity index (χ0n) is 13.6. The van der Waals surface area contributed by atoms with Gasteiger partial charge in [0, 0.05) is 26.4 Å². The van der Waals surface area contributed by atoms with Crippen LogP contribution in [0.4, 0.5) is 0 Å². The molecule has 0 amide bonds. The molecule has 1 aromatic carbocycles. The van der Waals surface area contributed by atoms with Gasteiger partial charge in [0.2, 0.25) is 0 Å². The highest BCUT2D eigenvalue weighted by Crippen LogP contribution is 2.25. The fourth-order valence-electron chi connectivity index (χ4n) is 2.56. The Bertz CT molecular complexity index is 1010. The van der Waals surface area contributed by atoms with Gasteiger partial charge in [0.05, 0.1) is 0 Å². The average molecular weight is 342 g/mol. The van der Waals surface area contributed by atoms with Gasteiger partial charge in [-0.25, -0.2) is 9.78 Å². The number of aromatic nitrogens is 4. The highest BCUT2D eigenvalue weighted by atomic mass is 32.2. The van der Waals surface area contributed by atoms with Gasteiger partial charge >= 0.3 is 5.69 Å². The molecule has 3 aromatic rings. The van der Waals surface area contributed by atoms with Crippen LogP contribution in [0.5, 0.6) is 0 Å². The number of hydrogen-bond acceptors (Lipinski definition) is 4. The maximum atomic E-state index is 12.5. The second-order valence-electron chi connectivity index (χ2n) is 5.45. The van der Waals surface area contributed by atoms with Crippen LogP contribution in [0.2, 0.25) is 0 Å². The molecule has 6 nitrogen and oxygen atoms in total. The molecule has 0 radical (unpaired) electrons. The molecule has 0 aliphatic heterocycles. The summed E-state index contributed by atoms with van der Waals surface area (Å²) in [6.07, 6.45) is 1.72. The Labute approximate surface area is 143 Å². The zero-order valence-corrected chi connectivity index (χ0v) is 14.4. The van der Waals surface area contributed by atoms with Crippen LogP contribution in [0, 0.1) is 0 Å². The van der Waals surface area contributed by atoms with Crippen LogP contribution in [-0.4, -0.2) is 18.7 Å². The fraction of sp³-hybridized carbons (Fsp3) is 0.235. The Balaban J connectivity index is 2.14. The largest absolute Gasteiger partial charge is 0.332 e. The second kappa shape index (κ2) is 6.52. The number of nitrogens with zero attached hydrogens (tertiary/aromatic N) is 4. The lowest BCUT2D eigenvalue weighted by molar-refractivity contribution is 0.700. The topological polar surface area (TPSA) is 61.8 Å². The first-order chi connectivity index (χ1) is 11.5. The van der Waals surface area contributed by atoms with Gasteiger partial charge in [-0.2, -0.15) is 0 Å². The summed E-state index contributed by atoms with van der Waals surface area (Å²) in [5.41, 5.74) is 1.28. The van der Waals surface area contributed by atoms with Gasteiger partial charge < -0.3 is 4.57 Å². The highest BCUT2D eigenvalue weighted by Gasteiger charge is 2.18. The quantitative estimate of drug-likeness (QED) is 0.525. The van der Waals surface area contributed by atoms with Crippen LogP contribution in [0.15, 0.2) is 57.7 Å². The first kappa shape index (κ1) is 16.3. The normalized spacial score (nSPS) is 11.1. The van der Waals surface area contributed by atoms with E-state index in [-0.39, 0.29) is 11.2 Å². The smallest absolute Gasteiger partial charge is 0.309 e. The van der Waals surface area contributed by atoms with Crippen molar-refractivity contribution in [2.45, 2.75) is 17.5 Å². The first-order valence-electron chi connectivity index (χ1n) is 7.48. The lowest BCUT2D eigenvalue weighted by Gasteiger charge is -2.06. The van der Waals surface area contributed by atoms with E-state index in [1.807, 2.05) is 34.9 Å². The highest BCUT2D eigenvalue weighted by molar-refractivity contribution is 7.98. The molecule has 0 saturated heterocycles. The molecule has 0 atom stereocenters. The van der Waals surface area contributed by atoms with Gasteiger partial charge in [0.25, 0.3) is 5.56 Å². The summed E-state index contributed by atoms with van der Waals surface area (Å²) in [6, 6.07) is 10.0. The molecule has 124 valence electrons. The van der Waals surface area contributed by atoms with Crippen molar-refractivity contribution in [3.8, 4) is 0 Å². The fourth-order valence-corrected chi connectivity index (χ4v) is 3.52. The number of aryl methyl sites for hydroxylation is 1. The van der Waals surface area contributed by atoms with Crippen molar-refractivity contribution in [3.63, 3.8) is 0 Å². The van der Waals surface area contributed by atoms with Gasteiger partial charge in [-0.3, -0.25) is 13.9 Å². The molecular weight excluding hydrogens is 324 g/mol. The summed E-state index contributed by atoms with van der Waals surface area (Å²) in [5, 5.41) is 0.701. The molecular formula is C17H18N4O2S. The molecule has 2 aromatic heterocycles. The molecule has 7 heteroatoms. The Morgan fingerprint density at radius 3 is 2.54 bits per heavy atom. The van der Waals surface area contributed by atoms with Crippen molar-refractivity contribution in [1.29, 1.82) is 0 Å². The molecule has 0 saturated carbocycles. The van der Waals surface area contributed by atoms with Crippen LogP contribution in [0.1, 0.15) is 5.56 Å². The van der Waals surface area contributed by atoms with E-state index in [9.17, 15) is 9.59 Å². The molecule has 24 heavy (non-hydrogen) atoms. The van der Waals surface area contributed by atoms with Crippen molar-refractivity contribution in [2.75, 3.05) is 0 Å². The van der Waals surface area contributed by atoms with E-state index in [1.54, 1.807) is 13.1 Å². The first-order valence-corrected chi connectivity index (χ1v) is 8.47. The molecule has 0 N–H and O–H groups in total. The number of rotatable bonds is 5. The maximum absolute atomic E-state index is 12.5. The molecule has 0 fully saturated rings. The van der Waals surface area contributed by atoms with Gasteiger partial charge in [-0.15, -0.1) is 6.58 Å². The number of thioether (sulfide) groups is 1. The summed E-state index contributed by atoms with van der Waals surface area (Å²) in [4.78, 5) is 29.2. The summed E-state index contributed by atoms with van der Waals surface area (Å²) >= 11 is 1.54. The number of hydrogen-bond donors (Lipinski definition) is 0. The van der Waals surface area contributed by atoms with Crippen molar-refractivity contribution < 1.29 is 0 Å².